The topological polar surface area (TPSA) is 154 Å². The van der Waals surface area contributed by atoms with Crippen molar-refractivity contribution >= 4 is 50.8 Å². The summed E-state index contributed by atoms with van der Waals surface area (Å²) in [6.07, 6.45) is 0.960. The summed E-state index contributed by atoms with van der Waals surface area (Å²) >= 11 is 5.66. The number of nitrogens with zero attached hydrogens (tertiary/aromatic N) is 2. The maximum atomic E-state index is 12.5. The van der Waals surface area contributed by atoms with Crippen LogP contribution >= 0.6 is 11.6 Å². The van der Waals surface area contributed by atoms with Gasteiger partial charge in [-0.3, -0.25) is 14.3 Å². The molecule has 1 amide bonds. The van der Waals surface area contributed by atoms with E-state index in [1.807, 2.05) is 0 Å². The maximum Gasteiger partial charge on any atom is 0.338 e. The first-order chi connectivity index (χ1) is 13.6. The van der Waals surface area contributed by atoms with Crippen molar-refractivity contribution < 1.29 is 33.0 Å². The summed E-state index contributed by atoms with van der Waals surface area (Å²) < 4.78 is 27.3. The second-order valence-corrected chi connectivity index (χ2v) is 8.25. The minimum atomic E-state index is -4.07. The number of carbonyl (C=O) groups is 3. The van der Waals surface area contributed by atoms with Gasteiger partial charge in [0.15, 0.2) is 0 Å². The number of carboxylic acids is 2. The van der Waals surface area contributed by atoms with Gasteiger partial charge >= 0.3 is 11.9 Å². The van der Waals surface area contributed by atoms with Crippen LogP contribution in [-0.2, 0) is 19.6 Å². The van der Waals surface area contributed by atoms with Crippen LogP contribution in [0.5, 0.6) is 0 Å². The number of amides is 1. The number of hydrogen-bond donors (Lipinski definition) is 3. The number of pyridine rings is 1. The highest BCUT2D eigenvalue weighted by Crippen LogP contribution is 2.27. The molecule has 0 spiro atoms. The fraction of sp³-hybridized carbons (Fsp3) is 0.176. The Morgan fingerprint density at radius 3 is 2.41 bits per heavy atom. The van der Waals surface area contributed by atoms with Gasteiger partial charge in [0.25, 0.3) is 10.0 Å². The molecule has 1 atom stereocenters. The van der Waals surface area contributed by atoms with Gasteiger partial charge in [0, 0.05) is 18.7 Å². The Labute approximate surface area is 169 Å². The molecule has 2 aromatic rings. The molecule has 29 heavy (non-hydrogen) atoms. The van der Waals surface area contributed by atoms with Crippen molar-refractivity contribution in [2.75, 3.05) is 16.2 Å². The molecule has 0 saturated carbocycles. The van der Waals surface area contributed by atoms with Crippen molar-refractivity contribution in [1.29, 1.82) is 0 Å². The van der Waals surface area contributed by atoms with E-state index in [0.717, 1.165) is 12.3 Å². The number of rotatable bonds is 6. The zero-order valence-electron chi connectivity index (χ0n) is 14.6. The van der Waals surface area contributed by atoms with Crippen LogP contribution < -0.4 is 9.62 Å². The van der Waals surface area contributed by atoms with Crippen molar-refractivity contribution in [3.63, 3.8) is 0 Å². The quantitative estimate of drug-likeness (QED) is 0.574. The number of halogens is 1. The average Bonchev–Trinajstić information content (AvgIpc) is 3.05. The molecule has 1 saturated heterocycles. The zero-order chi connectivity index (χ0) is 21.3. The molecular weight excluding hydrogens is 426 g/mol. The Balaban J connectivity index is 1.80. The first-order valence-corrected chi connectivity index (χ1v) is 9.99. The monoisotopic (exact) mass is 439 g/mol. The predicted octanol–water partition coefficient (Wildman–Crippen LogP) is 1.67. The van der Waals surface area contributed by atoms with E-state index < -0.39 is 27.9 Å². The van der Waals surface area contributed by atoms with Crippen molar-refractivity contribution in [1.82, 2.24) is 4.98 Å². The van der Waals surface area contributed by atoms with Gasteiger partial charge in [-0.25, -0.2) is 18.2 Å². The van der Waals surface area contributed by atoms with Crippen LogP contribution in [0.4, 0.5) is 11.4 Å². The largest absolute Gasteiger partial charge is 0.481 e. The van der Waals surface area contributed by atoms with Crippen LogP contribution in [-0.4, -0.2) is 48.0 Å². The molecule has 1 aromatic heterocycles. The molecule has 1 fully saturated rings. The SMILES string of the molecule is O=C(O)c1cc(NS(=O)(=O)c2ccc(N3C[C@H](C(=O)O)CC3=O)cc2)cnc1Cl. The molecule has 10 nitrogen and oxygen atoms in total. The number of aromatic carboxylic acids is 1. The van der Waals surface area contributed by atoms with Crippen LogP contribution in [0, 0.1) is 5.92 Å². The van der Waals surface area contributed by atoms with Gasteiger partial charge < -0.3 is 15.1 Å². The minimum absolute atomic E-state index is 0.00687. The Bertz CT molecular complexity index is 1100. The molecule has 0 aliphatic carbocycles. The average molecular weight is 440 g/mol. The molecule has 1 aromatic carbocycles. The molecular formula is C17H14ClN3O7S. The fourth-order valence-corrected chi connectivity index (χ4v) is 4.01. The Morgan fingerprint density at radius 2 is 1.86 bits per heavy atom. The van der Waals surface area contributed by atoms with E-state index >= 15 is 0 Å². The van der Waals surface area contributed by atoms with Gasteiger partial charge in [-0.1, -0.05) is 11.6 Å². The predicted molar refractivity (Wildman–Crippen MR) is 102 cm³/mol. The molecule has 3 N–H and O–H groups in total. The summed E-state index contributed by atoms with van der Waals surface area (Å²) in [6.45, 7) is 0.00687. The molecule has 152 valence electrons. The smallest absolute Gasteiger partial charge is 0.338 e. The van der Waals surface area contributed by atoms with Crippen molar-refractivity contribution in [2.45, 2.75) is 11.3 Å². The van der Waals surface area contributed by atoms with Crippen LogP contribution in [0.2, 0.25) is 5.15 Å². The lowest BCUT2D eigenvalue weighted by Crippen LogP contribution is -2.25. The molecule has 1 aliphatic rings. The maximum absolute atomic E-state index is 12.5. The number of aromatic nitrogens is 1. The molecule has 0 unspecified atom stereocenters. The summed E-state index contributed by atoms with van der Waals surface area (Å²) in [6, 6.07) is 6.32. The Hall–Kier alpha value is -3.18. The molecule has 3 rings (SSSR count). The van der Waals surface area contributed by atoms with E-state index in [0.29, 0.717) is 5.69 Å². The number of sulfonamides is 1. The molecule has 1 aliphatic heterocycles. The standard InChI is InChI=1S/C17H14ClN3O7S/c18-15-13(17(25)26)6-10(7-19-15)20-29(27,28)12-3-1-11(2-4-12)21-8-9(16(23)24)5-14(21)22/h1-4,6-7,9,20H,5,8H2,(H,23,24)(H,25,26)/t9-/m1/s1. The summed E-state index contributed by atoms with van der Waals surface area (Å²) in [7, 11) is -4.07. The van der Waals surface area contributed by atoms with Gasteiger partial charge in [0.1, 0.15) is 5.15 Å². The lowest BCUT2D eigenvalue weighted by molar-refractivity contribution is -0.141. The summed E-state index contributed by atoms with van der Waals surface area (Å²) in [5.74, 6) is -3.60. The third-order valence-electron chi connectivity index (χ3n) is 4.25. The number of carbonyl (C=O) groups excluding carboxylic acids is 1. The van der Waals surface area contributed by atoms with Gasteiger partial charge in [-0.05, 0) is 30.3 Å². The van der Waals surface area contributed by atoms with Gasteiger partial charge in [-0.2, -0.15) is 0 Å². The molecule has 0 bridgehead atoms. The van der Waals surface area contributed by atoms with E-state index in [4.69, 9.17) is 21.8 Å². The first kappa shape index (κ1) is 20.6. The lowest BCUT2D eigenvalue weighted by Gasteiger charge is -2.16. The van der Waals surface area contributed by atoms with Crippen molar-refractivity contribution in [3.05, 3.63) is 47.2 Å². The summed E-state index contributed by atoms with van der Waals surface area (Å²) in [4.78, 5) is 38.9. The zero-order valence-corrected chi connectivity index (χ0v) is 16.1. The number of aliphatic carboxylic acids is 1. The van der Waals surface area contributed by atoms with E-state index in [1.165, 1.54) is 29.2 Å². The highest BCUT2D eigenvalue weighted by atomic mass is 35.5. The molecule has 2 heterocycles. The van der Waals surface area contributed by atoms with Gasteiger partial charge in [-0.15, -0.1) is 0 Å². The van der Waals surface area contributed by atoms with Crippen LogP contribution in [0.3, 0.4) is 0 Å². The summed E-state index contributed by atoms with van der Waals surface area (Å²) in [5.41, 5.74) is -0.0725. The lowest BCUT2D eigenvalue weighted by atomic mass is 10.1. The first-order valence-electron chi connectivity index (χ1n) is 8.13. The van der Waals surface area contributed by atoms with Crippen LogP contribution in [0.1, 0.15) is 16.8 Å². The van der Waals surface area contributed by atoms with Crippen molar-refractivity contribution in [3.8, 4) is 0 Å². The van der Waals surface area contributed by atoms with E-state index in [1.54, 1.807) is 0 Å². The minimum Gasteiger partial charge on any atom is -0.481 e. The van der Waals surface area contributed by atoms with E-state index in [-0.39, 0.29) is 40.2 Å². The van der Waals surface area contributed by atoms with E-state index in [2.05, 4.69) is 9.71 Å². The third-order valence-corrected chi connectivity index (χ3v) is 5.95. The second-order valence-electron chi connectivity index (χ2n) is 6.21. The highest BCUT2D eigenvalue weighted by Gasteiger charge is 2.35. The van der Waals surface area contributed by atoms with Gasteiger partial charge in [0.05, 0.1) is 28.3 Å². The molecule has 0 radical (unpaired) electrons. The molecule has 12 heteroatoms. The highest BCUT2D eigenvalue weighted by molar-refractivity contribution is 7.92. The Morgan fingerprint density at radius 1 is 1.21 bits per heavy atom. The number of carboxylic acid groups (broad SMARTS) is 2. The third kappa shape index (κ3) is 4.30. The number of nitrogens with one attached hydrogen (secondary N) is 1. The number of benzene rings is 1. The Kier molecular flexibility index (Phi) is 5.44. The van der Waals surface area contributed by atoms with Crippen LogP contribution in [0.25, 0.3) is 0 Å². The van der Waals surface area contributed by atoms with Crippen molar-refractivity contribution in [2.24, 2.45) is 5.92 Å². The van der Waals surface area contributed by atoms with Gasteiger partial charge in [0.2, 0.25) is 5.91 Å². The number of hydrogen-bond acceptors (Lipinski definition) is 6. The second kappa shape index (κ2) is 7.68. The number of anilines is 2. The summed E-state index contributed by atoms with van der Waals surface area (Å²) in [5, 5.41) is 17.8. The fourth-order valence-electron chi connectivity index (χ4n) is 2.80. The van der Waals surface area contributed by atoms with Crippen LogP contribution in [0.15, 0.2) is 41.4 Å². The normalized spacial score (nSPS) is 16.7. The van der Waals surface area contributed by atoms with E-state index in [9.17, 15) is 22.8 Å².